The number of nitrogens with two attached hydrogens (primary N) is 1. The normalized spacial score (nSPS) is 13.7. The summed E-state index contributed by atoms with van der Waals surface area (Å²) in [4.78, 5) is 57.3. The number of hydrogen-bond donors (Lipinski definition) is 7. The fourth-order valence-corrected chi connectivity index (χ4v) is 2.51. The number of nitrogens with one attached hydrogen (secondary N) is 3. The second-order valence-electron chi connectivity index (χ2n) is 5.41. The Morgan fingerprint density at radius 1 is 1.07 bits per heavy atom. The number of aliphatic carboxylic acids is 2. The molecule has 0 heterocycles. The highest BCUT2D eigenvalue weighted by Crippen LogP contribution is 2.02. The highest BCUT2D eigenvalue weighted by molar-refractivity contribution is 7.98. The highest BCUT2D eigenvalue weighted by atomic mass is 32.2. The lowest BCUT2D eigenvalue weighted by Gasteiger charge is -2.21. The predicted molar refractivity (Wildman–Crippen MR) is 102 cm³/mol. The molecule has 0 aromatic carbocycles. The zero-order chi connectivity index (χ0) is 21.0. The monoisotopic (exact) mass is 424 g/mol. The standard InChI is InChI=1S/C14H24N4O7S2/c1-27-3-2-8(13(23)18-9(6-26)14(24)25)17-10(19)5-16-12(22)7(15)4-11(20)21/h7-9,26H,2-6,15H2,1H3,(H,16,22)(H,17,19)(H,18,23)(H,20,21)(H,24,25). The van der Waals surface area contributed by atoms with E-state index in [9.17, 15) is 24.0 Å². The Bertz CT molecular complexity index is 562. The number of rotatable bonds is 13. The zero-order valence-corrected chi connectivity index (χ0v) is 16.3. The second-order valence-corrected chi connectivity index (χ2v) is 6.76. The molecule has 0 aromatic heterocycles. The van der Waals surface area contributed by atoms with Crippen LogP contribution in [0.15, 0.2) is 0 Å². The molecule has 3 amide bonds. The van der Waals surface area contributed by atoms with E-state index in [1.807, 2.05) is 0 Å². The van der Waals surface area contributed by atoms with E-state index in [1.165, 1.54) is 11.8 Å². The summed E-state index contributed by atoms with van der Waals surface area (Å²) in [5.74, 6) is -4.33. The van der Waals surface area contributed by atoms with Crippen molar-refractivity contribution in [1.29, 1.82) is 0 Å². The quantitative estimate of drug-likeness (QED) is 0.159. The van der Waals surface area contributed by atoms with Crippen molar-refractivity contribution < 1.29 is 34.2 Å². The summed E-state index contributed by atoms with van der Waals surface area (Å²) in [6.45, 7) is -0.510. The number of amides is 3. The molecule has 13 heteroatoms. The van der Waals surface area contributed by atoms with Gasteiger partial charge in [-0.15, -0.1) is 0 Å². The summed E-state index contributed by atoms with van der Waals surface area (Å²) in [7, 11) is 0. The Balaban J connectivity index is 4.71. The molecule has 11 nitrogen and oxygen atoms in total. The Morgan fingerprint density at radius 2 is 1.70 bits per heavy atom. The van der Waals surface area contributed by atoms with Crippen molar-refractivity contribution in [2.45, 2.75) is 31.0 Å². The van der Waals surface area contributed by atoms with E-state index in [0.29, 0.717) is 5.75 Å². The summed E-state index contributed by atoms with van der Waals surface area (Å²) in [6.07, 6.45) is 1.45. The number of thioether (sulfide) groups is 1. The Kier molecular flexibility index (Phi) is 12.2. The van der Waals surface area contributed by atoms with Crippen LogP contribution in [0.4, 0.5) is 0 Å². The predicted octanol–water partition coefficient (Wildman–Crippen LogP) is -2.36. The molecular weight excluding hydrogens is 400 g/mol. The van der Waals surface area contributed by atoms with Gasteiger partial charge >= 0.3 is 11.9 Å². The lowest BCUT2D eigenvalue weighted by atomic mass is 10.2. The molecule has 0 radical (unpaired) electrons. The summed E-state index contributed by atoms with van der Waals surface area (Å²) >= 11 is 5.28. The molecule has 3 atom stereocenters. The van der Waals surface area contributed by atoms with Crippen molar-refractivity contribution in [3.05, 3.63) is 0 Å². The van der Waals surface area contributed by atoms with E-state index in [0.717, 1.165) is 0 Å². The summed E-state index contributed by atoms with van der Waals surface area (Å²) in [5.41, 5.74) is 5.36. The van der Waals surface area contributed by atoms with E-state index < -0.39 is 60.8 Å². The maximum Gasteiger partial charge on any atom is 0.327 e. The first kappa shape index (κ1) is 25.0. The van der Waals surface area contributed by atoms with Crippen LogP contribution < -0.4 is 21.7 Å². The smallest absolute Gasteiger partial charge is 0.327 e. The number of carbonyl (C=O) groups excluding carboxylic acids is 3. The van der Waals surface area contributed by atoms with Crippen LogP contribution in [0.3, 0.4) is 0 Å². The van der Waals surface area contributed by atoms with E-state index in [-0.39, 0.29) is 12.2 Å². The lowest BCUT2D eigenvalue weighted by Crippen LogP contribution is -2.54. The van der Waals surface area contributed by atoms with Crippen LogP contribution in [-0.2, 0) is 24.0 Å². The molecule has 0 fully saturated rings. The van der Waals surface area contributed by atoms with Gasteiger partial charge in [0.2, 0.25) is 17.7 Å². The number of hydrogen-bond acceptors (Lipinski definition) is 8. The number of carboxylic acid groups (broad SMARTS) is 2. The van der Waals surface area contributed by atoms with Crippen molar-refractivity contribution in [3.63, 3.8) is 0 Å². The minimum atomic E-state index is -1.31. The topological polar surface area (TPSA) is 188 Å². The number of carboxylic acids is 2. The van der Waals surface area contributed by atoms with E-state index in [4.69, 9.17) is 15.9 Å². The van der Waals surface area contributed by atoms with E-state index >= 15 is 0 Å². The SMILES string of the molecule is CSCCC(NC(=O)CNC(=O)C(N)CC(=O)O)C(=O)NC(CS)C(=O)O. The molecule has 0 bridgehead atoms. The van der Waals surface area contributed by atoms with Crippen LogP contribution in [0.1, 0.15) is 12.8 Å². The molecule has 27 heavy (non-hydrogen) atoms. The minimum absolute atomic E-state index is 0.123. The maximum absolute atomic E-state index is 12.2. The van der Waals surface area contributed by atoms with Crippen molar-refractivity contribution >= 4 is 54.1 Å². The Labute approximate surface area is 165 Å². The fourth-order valence-electron chi connectivity index (χ4n) is 1.79. The summed E-state index contributed by atoms with van der Waals surface area (Å²) < 4.78 is 0. The van der Waals surface area contributed by atoms with Crippen LogP contribution in [0.2, 0.25) is 0 Å². The van der Waals surface area contributed by atoms with Crippen LogP contribution in [-0.4, -0.2) is 82.3 Å². The first-order valence-corrected chi connectivity index (χ1v) is 9.82. The molecule has 0 aliphatic carbocycles. The van der Waals surface area contributed by atoms with Gasteiger partial charge in [0.15, 0.2) is 0 Å². The second kappa shape index (κ2) is 13.2. The molecule has 154 valence electrons. The van der Waals surface area contributed by atoms with Crippen molar-refractivity contribution in [2.24, 2.45) is 5.73 Å². The third kappa shape index (κ3) is 10.7. The molecular formula is C14H24N4O7S2. The van der Waals surface area contributed by atoms with Crippen molar-refractivity contribution in [2.75, 3.05) is 24.3 Å². The largest absolute Gasteiger partial charge is 0.481 e. The summed E-state index contributed by atoms with van der Waals surface area (Å²) in [6, 6.07) is -3.52. The van der Waals surface area contributed by atoms with Gasteiger partial charge in [-0.2, -0.15) is 24.4 Å². The van der Waals surface area contributed by atoms with E-state index in [2.05, 4.69) is 28.6 Å². The third-order valence-electron chi connectivity index (χ3n) is 3.21. The van der Waals surface area contributed by atoms with Gasteiger partial charge in [0.1, 0.15) is 12.1 Å². The Hall–Kier alpha value is -1.99. The van der Waals surface area contributed by atoms with Gasteiger partial charge in [-0.05, 0) is 18.4 Å². The molecule has 7 N–H and O–H groups in total. The fraction of sp³-hybridized carbons (Fsp3) is 0.643. The van der Waals surface area contributed by atoms with Gasteiger partial charge in [-0.1, -0.05) is 0 Å². The van der Waals surface area contributed by atoms with Crippen LogP contribution in [0.25, 0.3) is 0 Å². The summed E-state index contributed by atoms with van der Waals surface area (Å²) in [5, 5.41) is 24.4. The van der Waals surface area contributed by atoms with Crippen LogP contribution >= 0.6 is 24.4 Å². The van der Waals surface area contributed by atoms with Gasteiger partial charge in [-0.3, -0.25) is 19.2 Å². The first-order valence-electron chi connectivity index (χ1n) is 7.79. The Morgan fingerprint density at radius 3 is 2.19 bits per heavy atom. The average Bonchev–Trinajstić information content (AvgIpc) is 2.59. The van der Waals surface area contributed by atoms with E-state index in [1.54, 1.807) is 6.26 Å². The van der Waals surface area contributed by atoms with Crippen LogP contribution in [0, 0.1) is 0 Å². The molecule has 0 aliphatic rings. The van der Waals surface area contributed by atoms with Gasteiger partial charge in [0, 0.05) is 5.75 Å². The van der Waals surface area contributed by atoms with Gasteiger partial charge in [-0.25, -0.2) is 4.79 Å². The maximum atomic E-state index is 12.2. The highest BCUT2D eigenvalue weighted by Gasteiger charge is 2.26. The molecule has 0 aliphatic heterocycles. The zero-order valence-electron chi connectivity index (χ0n) is 14.6. The van der Waals surface area contributed by atoms with Gasteiger partial charge < -0.3 is 31.9 Å². The van der Waals surface area contributed by atoms with Crippen molar-refractivity contribution in [1.82, 2.24) is 16.0 Å². The molecule has 0 saturated carbocycles. The van der Waals surface area contributed by atoms with Gasteiger partial charge in [0.25, 0.3) is 0 Å². The number of carbonyl (C=O) groups is 5. The lowest BCUT2D eigenvalue weighted by molar-refractivity contribution is -0.141. The van der Waals surface area contributed by atoms with Crippen LogP contribution in [0.5, 0.6) is 0 Å². The van der Waals surface area contributed by atoms with Crippen molar-refractivity contribution in [3.8, 4) is 0 Å². The third-order valence-corrected chi connectivity index (χ3v) is 4.22. The first-order chi connectivity index (χ1) is 12.6. The number of thiol groups is 1. The molecule has 0 saturated heterocycles. The molecule has 0 spiro atoms. The van der Waals surface area contributed by atoms with Gasteiger partial charge in [0.05, 0.1) is 19.0 Å². The molecule has 0 rings (SSSR count). The minimum Gasteiger partial charge on any atom is -0.481 e. The molecule has 0 aromatic rings. The molecule has 3 unspecified atom stereocenters. The average molecular weight is 425 g/mol.